The summed E-state index contributed by atoms with van der Waals surface area (Å²) in [6, 6.07) is 3.18. The Morgan fingerprint density at radius 1 is 1.37 bits per heavy atom. The number of halogens is 5. The third-order valence-electron chi connectivity index (χ3n) is 1.92. The molecular weight excluding hydrogens is 346 g/mol. The van der Waals surface area contributed by atoms with E-state index >= 15 is 0 Å². The van der Waals surface area contributed by atoms with Gasteiger partial charge in [0.25, 0.3) is 9.05 Å². The Balaban J connectivity index is 3.50. The normalized spacial score (nSPS) is 12.2. The maximum atomic E-state index is 12.3. The summed E-state index contributed by atoms with van der Waals surface area (Å²) in [5.41, 5.74) is -5.13. The van der Waals surface area contributed by atoms with E-state index in [1.165, 1.54) is 6.07 Å². The third kappa shape index (κ3) is 4.45. The van der Waals surface area contributed by atoms with Crippen LogP contribution in [0.2, 0.25) is 0 Å². The van der Waals surface area contributed by atoms with Crippen LogP contribution in [-0.4, -0.2) is 13.9 Å². The number of nitriles is 1. The molecule has 0 aliphatic rings. The second-order valence-corrected chi connectivity index (χ2v) is 7.10. The highest BCUT2D eigenvalue weighted by atomic mass is 35.7. The molecule has 0 heterocycles. The molecule has 0 saturated heterocycles. The van der Waals surface area contributed by atoms with Crippen molar-refractivity contribution in [3.05, 3.63) is 23.3 Å². The molecule has 0 unspecified atom stereocenters. The predicted molar refractivity (Wildman–Crippen MR) is 65.7 cm³/mol. The van der Waals surface area contributed by atoms with Crippen molar-refractivity contribution in [1.82, 2.24) is 0 Å². The molecule has 0 bridgehead atoms. The van der Waals surface area contributed by atoms with Crippen LogP contribution >= 0.6 is 34.0 Å². The van der Waals surface area contributed by atoms with Crippen LogP contribution in [0.1, 0.15) is 11.1 Å². The Kier molecular flexibility index (Phi) is 5.01. The Labute approximate surface area is 120 Å². The summed E-state index contributed by atoms with van der Waals surface area (Å²) < 4.78 is 59.4. The summed E-state index contributed by atoms with van der Waals surface area (Å²) >= 11 is 4.96. The Morgan fingerprint density at radius 3 is 2.32 bits per heavy atom. The molecule has 0 spiro atoms. The summed E-state index contributed by atoms with van der Waals surface area (Å²) in [5.74, 6) is -0.349. The van der Waals surface area contributed by atoms with E-state index in [2.05, 4.69) is 0 Å². The molecule has 0 atom stereocenters. The Hall–Kier alpha value is -0.620. The van der Waals surface area contributed by atoms with Gasteiger partial charge in [-0.2, -0.15) is 18.4 Å². The van der Waals surface area contributed by atoms with Crippen LogP contribution in [0.3, 0.4) is 0 Å². The lowest BCUT2D eigenvalue weighted by Gasteiger charge is -2.11. The number of alkyl halides is 4. The van der Waals surface area contributed by atoms with Gasteiger partial charge in [-0.05, 0) is 29.5 Å². The van der Waals surface area contributed by atoms with Crippen molar-refractivity contribution < 1.29 is 21.6 Å². The zero-order chi connectivity index (χ0) is 14.8. The van der Waals surface area contributed by atoms with Crippen molar-refractivity contribution in [2.45, 2.75) is 21.2 Å². The Bertz CT molecular complexity index is 638. The van der Waals surface area contributed by atoms with Gasteiger partial charge in [-0.1, -0.05) is 0 Å². The Morgan fingerprint density at radius 2 is 1.95 bits per heavy atom. The monoisotopic (exact) mass is 349 g/mol. The van der Waals surface area contributed by atoms with Crippen LogP contribution in [0.25, 0.3) is 0 Å². The van der Waals surface area contributed by atoms with E-state index in [0.717, 1.165) is 12.1 Å². The molecule has 0 aliphatic carbocycles. The van der Waals surface area contributed by atoms with E-state index in [1.54, 1.807) is 0 Å². The van der Waals surface area contributed by atoms with E-state index in [9.17, 15) is 21.6 Å². The molecule has 0 N–H and O–H groups in total. The minimum atomic E-state index is -4.60. The average Bonchev–Trinajstić information content (AvgIpc) is 2.24. The standard InChI is InChI=1S/C9H4Cl2F3NO2S2/c10-3-5-1-7(18-9(12,13)14)6(4-15)2-8(5)19(11,16)17/h1-2H,3H2. The van der Waals surface area contributed by atoms with Gasteiger partial charge in [-0.25, -0.2) is 8.42 Å². The van der Waals surface area contributed by atoms with E-state index in [0.29, 0.717) is 0 Å². The van der Waals surface area contributed by atoms with Crippen LogP contribution in [0, 0.1) is 11.3 Å². The molecule has 1 aromatic rings. The molecule has 19 heavy (non-hydrogen) atoms. The molecule has 0 aromatic heterocycles. The molecule has 1 aromatic carbocycles. The topological polar surface area (TPSA) is 57.9 Å². The lowest BCUT2D eigenvalue weighted by molar-refractivity contribution is -0.0328. The van der Waals surface area contributed by atoms with Gasteiger partial charge in [0.15, 0.2) is 0 Å². The first-order valence-corrected chi connectivity index (χ1v) is 8.08. The van der Waals surface area contributed by atoms with Crippen LogP contribution in [0.5, 0.6) is 0 Å². The van der Waals surface area contributed by atoms with Gasteiger partial charge in [0.1, 0.15) is 6.07 Å². The lowest BCUT2D eigenvalue weighted by atomic mass is 10.2. The maximum Gasteiger partial charge on any atom is 0.446 e. The van der Waals surface area contributed by atoms with E-state index in [4.69, 9.17) is 27.5 Å². The largest absolute Gasteiger partial charge is 0.446 e. The lowest BCUT2D eigenvalue weighted by Crippen LogP contribution is -2.03. The summed E-state index contributed by atoms with van der Waals surface area (Å²) in [7, 11) is 0.940. The SMILES string of the molecule is N#Cc1cc(S(=O)(=O)Cl)c(CCl)cc1SC(F)(F)F. The summed E-state index contributed by atoms with van der Waals surface area (Å²) in [4.78, 5) is -0.887. The summed E-state index contributed by atoms with van der Waals surface area (Å²) in [6.45, 7) is 0. The fourth-order valence-electron chi connectivity index (χ4n) is 1.23. The first kappa shape index (κ1) is 16.4. The highest BCUT2D eigenvalue weighted by Crippen LogP contribution is 2.40. The van der Waals surface area contributed by atoms with Gasteiger partial charge >= 0.3 is 5.51 Å². The number of nitrogens with zero attached hydrogens (tertiary/aromatic N) is 1. The number of rotatable bonds is 3. The smallest absolute Gasteiger partial charge is 0.207 e. The van der Waals surface area contributed by atoms with Gasteiger partial charge in [-0.15, -0.1) is 11.6 Å². The van der Waals surface area contributed by atoms with Crippen molar-refractivity contribution in [3.63, 3.8) is 0 Å². The van der Waals surface area contributed by atoms with E-state index in [-0.39, 0.29) is 11.4 Å². The predicted octanol–water partition coefficient (Wildman–Crippen LogP) is 3.84. The molecular formula is C9H4Cl2F3NO2S2. The van der Waals surface area contributed by atoms with Gasteiger partial charge in [0.05, 0.1) is 10.5 Å². The van der Waals surface area contributed by atoms with Gasteiger partial charge < -0.3 is 0 Å². The minimum absolute atomic E-state index is 0.0950. The summed E-state index contributed by atoms with van der Waals surface area (Å²) in [5, 5.41) is 8.77. The molecule has 104 valence electrons. The average molecular weight is 350 g/mol. The second-order valence-electron chi connectivity index (χ2n) is 3.19. The van der Waals surface area contributed by atoms with Gasteiger partial charge in [0, 0.05) is 21.5 Å². The van der Waals surface area contributed by atoms with Crippen molar-refractivity contribution >= 4 is 43.1 Å². The minimum Gasteiger partial charge on any atom is -0.207 e. The van der Waals surface area contributed by atoms with Gasteiger partial charge in [-0.3, -0.25) is 0 Å². The number of thioether (sulfide) groups is 1. The summed E-state index contributed by atoms with van der Waals surface area (Å²) in [6.07, 6.45) is 0. The second kappa shape index (κ2) is 5.79. The quantitative estimate of drug-likeness (QED) is 0.472. The van der Waals surface area contributed by atoms with Crippen molar-refractivity contribution in [2.75, 3.05) is 0 Å². The maximum absolute atomic E-state index is 12.3. The van der Waals surface area contributed by atoms with Crippen molar-refractivity contribution in [2.24, 2.45) is 0 Å². The highest BCUT2D eigenvalue weighted by Gasteiger charge is 2.31. The number of hydrogen-bond donors (Lipinski definition) is 0. The van der Waals surface area contributed by atoms with Crippen molar-refractivity contribution in [3.8, 4) is 6.07 Å². The molecule has 3 nitrogen and oxygen atoms in total. The number of benzene rings is 1. The molecule has 0 saturated carbocycles. The first-order valence-electron chi connectivity index (χ1n) is 4.42. The fraction of sp³-hybridized carbons (Fsp3) is 0.222. The van der Waals surface area contributed by atoms with Crippen molar-refractivity contribution in [1.29, 1.82) is 5.26 Å². The van der Waals surface area contributed by atoms with Gasteiger partial charge in [0.2, 0.25) is 0 Å². The molecule has 0 radical (unpaired) electrons. The highest BCUT2D eigenvalue weighted by molar-refractivity contribution is 8.13. The van der Waals surface area contributed by atoms with Crippen LogP contribution < -0.4 is 0 Å². The first-order chi connectivity index (χ1) is 8.58. The molecule has 0 amide bonds. The van der Waals surface area contributed by atoms with Crippen LogP contribution in [0.4, 0.5) is 13.2 Å². The van der Waals surface area contributed by atoms with E-state index in [1.807, 2.05) is 0 Å². The third-order valence-corrected chi connectivity index (χ3v) is 4.40. The van der Waals surface area contributed by atoms with Crippen LogP contribution in [-0.2, 0) is 14.9 Å². The molecule has 0 fully saturated rings. The molecule has 0 aliphatic heterocycles. The zero-order valence-electron chi connectivity index (χ0n) is 8.83. The zero-order valence-corrected chi connectivity index (χ0v) is 12.0. The molecule has 10 heteroatoms. The van der Waals surface area contributed by atoms with Crippen LogP contribution in [0.15, 0.2) is 21.9 Å². The molecule has 1 rings (SSSR count). The van der Waals surface area contributed by atoms with E-state index < -0.39 is 41.7 Å². The number of hydrogen-bond acceptors (Lipinski definition) is 4. The fourth-order valence-corrected chi connectivity index (χ4v) is 3.33.